The molecule has 1 amide bonds. The number of hydrogen-bond acceptors (Lipinski definition) is 10. The van der Waals surface area contributed by atoms with Crippen LogP contribution in [0.1, 0.15) is 52.4 Å². The van der Waals surface area contributed by atoms with E-state index in [1.54, 1.807) is 20.3 Å². The first-order chi connectivity index (χ1) is 21.3. The highest BCUT2D eigenvalue weighted by atomic mass is 16.7. The first-order valence-electron chi connectivity index (χ1n) is 14.9. The van der Waals surface area contributed by atoms with Crippen LogP contribution < -0.4 is 29.0 Å². The number of benzene rings is 2. The fourth-order valence-corrected chi connectivity index (χ4v) is 7.84. The van der Waals surface area contributed by atoms with Crippen molar-refractivity contribution in [3.8, 4) is 34.8 Å². The molecule has 6 rings (SSSR count). The summed E-state index contributed by atoms with van der Waals surface area (Å²) in [7, 11) is 5.33. The molecule has 2 bridgehead atoms. The molecule has 4 aliphatic rings. The summed E-state index contributed by atoms with van der Waals surface area (Å²) in [6.07, 6.45) is 2.93. The van der Waals surface area contributed by atoms with Crippen LogP contribution in [0, 0.1) is 25.2 Å². The maximum Gasteiger partial charge on any atom is 0.231 e. The summed E-state index contributed by atoms with van der Waals surface area (Å²) >= 11 is 0. The molecular weight excluding hydrogens is 564 g/mol. The summed E-state index contributed by atoms with van der Waals surface area (Å²) in [6, 6.07) is 3.52. The second kappa shape index (κ2) is 11.8. The summed E-state index contributed by atoms with van der Waals surface area (Å²) in [5.74, 6) is 3.19. The third kappa shape index (κ3) is 4.55. The van der Waals surface area contributed by atoms with Gasteiger partial charge in [0.25, 0.3) is 0 Å². The van der Waals surface area contributed by atoms with Crippen LogP contribution in [0.4, 0.5) is 0 Å². The highest BCUT2D eigenvalue weighted by molar-refractivity contribution is 5.73. The summed E-state index contributed by atoms with van der Waals surface area (Å²) in [5.41, 5.74) is 5.87. The molecule has 0 saturated carbocycles. The molecule has 0 aliphatic carbocycles. The van der Waals surface area contributed by atoms with Crippen LogP contribution in [-0.4, -0.2) is 81.8 Å². The zero-order valence-corrected chi connectivity index (χ0v) is 26.2. The number of nitrogens with zero attached hydrogens (tertiary/aromatic N) is 3. The molecule has 1 fully saturated rings. The molecule has 0 radical (unpaired) electrons. The van der Waals surface area contributed by atoms with E-state index < -0.39 is 6.04 Å². The van der Waals surface area contributed by atoms with Gasteiger partial charge in [-0.15, -0.1) is 0 Å². The second-order valence-corrected chi connectivity index (χ2v) is 11.8. The first-order valence-corrected chi connectivity index (χ1v) is 14.9. The Labute approximate surface area is 258 Å². The van der Waals surface area contributed by atoms with Crippen molar-refractivity contribution in [1.29, 1.82) is 5.26 Å². The van der Waals surface area contributed by atoms with E-state index in [1.807, 2.05) is 13.8 Å². The molecule has 1 saturated heterocycles. The van der Waals surface area contributed by atoms with Gasteiger partial charge in [0, 0.05) is 54.9 Å². The van der Waals surface area contributed by atoms with Crippen LogP contribution in [0.15, 0.2) is 18.7 Å². The van der Waals surface area contributed by atoms with Crippen LogP contribution in [0.25, 0.3) is 0 Å². The predicted octanol–water partition coefficient (Wildman–Crippen LogP) is 3.50. The molecule has 234 valence electrons. The maximum absolute atomic E-state index is 12.3. The number of likely N-dealkylation sites (N-methyl/N-ethyl adjacent to an activating group) is 1. The Bertz CT molecular complexity index is 1540. The smallest absolute Gasteiger partial charge is 0.231 e. The van der Waals surface area contributed by atoms with Crippen molar-refractivity contribution >= 4 is 5.91 Å². The molecule has 44 heavy (non-hydrogen) atoms. The SMILES string of the molecule is C=CCOc1c(C)c2c(c3c1C[C@H]1[C@H]4c5c(cc(C)c(OC)c5OCOC)C[C@H]([C@H](C#N)N1[C@H]3CNC(C)=O)N4C)OCO2. The van der Waals surface area contributed by atoms with Crippen molar-refractivity contribution in [2.24, 2.45) is 0 Å². The van der Waals surface area contributed by atoms with Gasteiger partial charge in [-0.05, 0) is 44.9 Å². The lowest BCUT2D eigenvalue weighted by Gasteiger charge is -2.60. The summed E-state index contributed by atoms with van der Waals surface area (Å²) < 4.78 is 35.9. The van der Waals surface area contributed by atoms with Gasteiger partial charge in [-0.2, -0.15) is 5.26 Å². The molecule has 4 aliphatic heterocycles. The Morgan fingerprint density at radius 2 is 1.91 bits per heavy atom. The normalized spacial score (nSPS) is 24.8. The first kappa shape index (κ1) is 30.1. The molecule has 0 spiro atoms. The summed E-state index contributed by atoms with van der Waals surface area (Å²) in [5, 5.41) is 13.9. The minimum absolute atomic E-state index is 0.0670. The van der Waals surface area contributed by atoms with E-state index in [-0.39, 0.29) is 50.2 Å². The number of ether oxygens (including phenoxy) is 6. The molecule has 5 atom stereocenters. The molecule has 2 aromatic carbocycles. The lowest BCUT2D eigenvalue weighted by atomic mass is 9.71. The Kier molecular flexibility index (Phi) is 8.09. The van der Waals surface area contributed by atoms with Crippen molar-refractivity contribution in [3.63, 3.8) is 0 Å². The quantitative estimate of drug-likeness (QED) is 0.337. The molecule has 0 unspecified atom stereocenters. The number of hydrogen-bond donors (Lipinski definition) is 1. The van der Waals surface area contributed by atoms with Crippen LogP contribution in [0.5, 0.6) is 28.7 Å². The highest BCUT2D eigenvalue weighted by Gasteiger charge is 2.57. The fourth-order valence-electron chi connectivity index (χ4n) is 7.84. The lowest BCUT2D eigenvalue weighted by molar-refractivity contribution is -0.120. The zero-order chi connectivity index (χ0) is 31.3. The van der Waals surface area contributed by atoms with Gasteiger partial charge in [0.2, 0.25) is 12.7 Å². The van der Waals surface area contributed by atoms with Crippen molar-refractivity contribution in [2.45, 2.75) is 63.8 Å². The number of carbonyl (C=O) groups is 1. The Balaban J connectivity index is 1.61. The van der Waals surface area contributed by atoms with E-state index in [9.17, 15) is 10.1 Å². The van der Waals surface area contributed by atoms with Crippen LogP contribution >= 0.6 is 0 Å². The van der Waals surface area contributed by atoms with E-state index >= 15 is 0 Å². The molecule has 11 nitrogen and oxygen atoms in total. The fraction of sp³-hybridized carbons (Fsp3) is 0.515. The van der Waals surface area contributed by atoms with Crippen LogP contribution in [0.3, 0.4) is 0 Å². The largest absolute Gasteiger partial charge is 0.493 e. The van der Waals surface area contributed by atoms with Crippen LogP contribution in [-0.2, 0) is 22.4 Å². The van der Waals surface area contributed by atoms with Crippen molar-refractivity contribution in [1.82, 2.24) is 15.1 Å². The van der Waals surface area contributed by atoms with Gasteiger partial charge < -0.3 is 33.7 Å². The van der Waals surface area contributed by atoms with Crippen molar-refractivity contribution in [3.05, 3.63) is 52.1 Å². The molecule has 1 N–H and O–H groups in total. The number of piperazine rings is 1. The van der Waals surface area contributed by atoms with Crippen molar-refractivity contribution in [2.75, 3.05) is 48.0 Å². The Hall–Kier alpha value is -3.98. The van der Waals surface area contributed by atoms with E-state index in [2.05, 4.69) is 40.9 Å². The third-order valence-electron chi connectivity index (χ3n) is 9.46. The van der Waals surface area contributed by atoms with E-state index in [0.717, 1.165) is 39.1 Å². The van der Waals surface area contributed by atoms with Gasteiger partial charge >= 0.3 is 0 Å². The molecular formula is C33H40N4O7. The topological polar surface area (TPSA) is 115 Å². The van der Waals surface area contributed by atoms with Gasteiger partial charge in [0.05, 0.1) is 25.3 Å². The van der Waals surface area contributed by atoms with Crippen molar-refractivity contribution < 1.29 is 33.2 Å². The van der Waals surface area contributed by atoms with E-state index in [4.69, 9.17) is 28.4 Å². The van der Waals surface area contributed by atoms with Gasteiger partial charge in [0.1, 0.15) is 18.4 Å². The van der Waals surface area contributed by atoms with E-state index in [0.29, 0.717) is 42.4 Å². The lowest BCUT2D eigenvalue weighted by Crippen LogP contribution is -2.68. The van der Waals surface area contributed by atoms with Crippen LogP contribution in [0.2, 0.25) is 0 Å². The average molecular weight is 605 g/mol. The van der Waals surface area contributed by atoms with Gasteiger partial charge in [-0.1, -0.05) is 18.7 Å². The standard InChI is InChI=1S/C33H40N4O7/c1-8-9-41-30-18(3)31-33(44-16-43-31)27-21(30)12-23-28-26-20(10-17(2)29(40-7)32(26)42-15-39-6)11-22(36(28)5)24(13-34)37(23)25(27)14-35-19(4)38/h8,10,22-25,28H,1,9,11-12,14-16H2,2-7H3,(H,35,38)/t22-,23+,24+,25+,28+/m1/s1. The van der Waals surface area contributed by atoms with Gasteiger partial charge in [-0.25, -0.2) is 0 Å². The molecule has 2 aromatic rings. The van der Waals surface area contributed by atoms with Gasteiger partial charge in [-0.3, -0.25) is 14.6 Å². The molecule has 4 heterocycles. The molecule has 11 heteroatoms. The maximum atomic E-state index is 12.3. The number of aryl methyl sites for hydroxylation is 1. The number of carbonyl (C=O) groups excluding carboxylic acids is 1. The number of amides is 1. The highest BCUT2D eigenvalue weighted by Crippen LogP contribution is 2.58. The van der Waals surface area contributed by atoms with Gasteiger partial charge in [0.15, 0.2) is 29.8 Å². The Morgan fingerprint density at radius 1 is 1.14 bits per heavy atom. The summed E-state index contributed by atoms with van der Waals surface area (Å²) in [6.45, 7) is 10.1. The zero-order valence-electron chi connectivity index (χ0n) is 26.2. The monoisotopic (exact) mass is 604 g/mol. The number of rotatable bonds is 9. The predicted molar refractivity (Wildman–Crippen MR) is 161 cm³/mol. The van der Waals surface area contributed by atoms with E-state index in [1.165, 1.54) is 6.92 Å². The summed E-state index contributed by atoms with van der Waals surface area (Å²) in [4.78, 5) is 16.9. The second-order valence-electron chi connectivity index (χ2n) is 11.8. The molecule has 0 aromatic heterocycles. The minimum atomic E-state index is -0.469. The minimum Gasteiger partial charge on any atom is -0.493 e. The number of fused-ring (bicyclic) bond motifs is 9. The third-order valence-corrected chi connectivity index (χ3v) is 9.46. The number of nitriles is 1. The number of nitrogens with one attached hydrogen (secondary N) is 1. The Morgan fingerprint density at radius 3 is 2.59 bits per heavy atom. The average Bonchev–Trinajstić information content (AvgIpc) is 3.49. The number of methoxy groups -OCH3 is 2.